The highest BCUT2D eigenvalue weighted by atomic mass is 16.5. The van der Waals surface area contributed by atoms with Crippen LogP contribution in [0.1, 0.15) is 37.4 Å². The van der Waals surface area contributed by atoms with Gasteiger partial charge >= 0.3 is 12.0 Å². The van der Waals surface area contributed by atoms with E-state index in [1.54, 1.807) is 31.4 Å². The Balaban J connectivity index is 1.94. The molecule has 0 aliphatic carbocycles. The molecule has 1 aliphatic rings. The molecule has 2 aromatic carbocycles. The zero-order valence-electron chi connectivity index (χ0n) is 19.3. The quantitative estimate of drug-likeness (QED) is 0.582. The highest BCUT2D eigenvalue weighted by Gasteiger charge is 2.34. The maximum Gasteiger partial charge on any atom is 0.322 e. The van der Waals surface area contributed by atoms with Gasteiger partial charge in [0.2, 0.25) is 0 Å². The molecule has 1 heterocycles. The van der Waals surface area contributed by atoms with Crippen molar-refractivity contribution in [2.75, 3.05) is 39.3 Å². The highest BCUT2D eigenvalue weighted by molar-refractivity contribution is 5.92. The Morgan fingerprint density at radius 2 is 1.73 bits per heavy atom. The Morgan fingerprint density at radius 1 is 1.03 bits per heavy atom. The fourth-order valence-electron chi connectivity index (χ4n) is 3.96. The second-order valence-corrected chi connectivity index (χ2v) is 7.42. The monoisotopic (exact) mass is 458 g/mol. The molecule has 9 heteroatoms. The average molecular weight is 459 g/mol. The van der Waals surface area contributed by atoms with Crippen LogP contribution in [0.25, 0.3) is 0 Å². The molecule has 0 aromatic heterocycles. The average Bonchev–Trinajstić information content (AvgIpc) is 2.80. The smallest absolute Gasteiger partial charge is 0.322 e. The first kappa shape index (κ1) is 24.0. The fraction of sp³-hybridized carbons (Fsp3) is 0.417. The SMILES string of the molecule is CCOc1cc2c(cc1OCC)C(CC(=O)O)N(C(=O)Nc1ccc(OC)cc1OC)CC2. The summed E-state index contributed by atoms with van der Waals surface area (Å²) in [6.45, 7) is 5.03. The molecule has 0 bridgehead atoms. The standard InChI is InChI=1S/C24H30N2O7/c1-5-32-21-11-15-9-10-26(19(14-23(27)28)17(15)13-22(21)33-6-2)24(29)25-18-8-7-16(30-3)12-20(18)31-4/h7-8,11-13,19H,5-6,9-10,14H2,1-4H3,(H,25,29)(H,27,28). The van der Waals surface area contributed by atoms with Crippen LogP contribution in [-0.4, -0.2) is 56.0 Å². The van der Waals surface area contributed by atoms with E-state index in [1.807, 2.05) is 19.9 Å². The predicted octanol–water partition coefficient (Wildman–Crippen LogP) is 4.11. The maximum absolute atomic E-state index is 13.3. The number of carbonyl (C=O) groups is 2. The van der Waals surface area contributed by atoms with Gasteiger partial charge in [0.1, 0.15) is 11.5 Å². The van der Waals surface area contributed by atoms with E-state index in [2.05, 4.69) is 5.32 Å². The molecule has 0 radical (unpaired) electrons. The first-order chi connectivity index (χ1) is 15.9. The molecule has 178 valence electrons. The first-order valence-electron chi connectivity index (χ1n) is 10.9. The largest absolute Gasteiger partial charge is 0.497 e. The molecule has 2 amide bonds. The van der Waals surface area contributed by atoms with Crippen LogP contribution in [0.2, 0.25) is 0 Å². The summed E-state index contributed by atoms with van der Waals surface area (Å²) in [5.41, 5.74) is 2.15. The molecular weight excluding hydrogens is 428 g/mol. The zero-order valence-corrected chi connectivity index (χ0v) is 19.3. The van der Waals surface area contributed by atoms with Crippen molar-refractivity contribution in [3.63, 3.8) is 0 Å². The van der Waals surface area contributed by atoms with E-state index in [0.29, 0.717) is 54.9 Å². The fourth-order valence-corrected chi connectivity index (χ4v) is 3.96. The van der Waals surface area contributed by atoms with Crippen molar-refractivity contribution in [1.29, 1.82) is 0 Å². The molecule has 0 spiro atoms. The summed E-state index contributed by atoms with van der Waals surface area (Å²) in [6.07, 6.45) is 0.324. The zero-order chi connectivity index (χ0) is 24.0. The summed E-state index contributed by atoms with van der Waals surface area (Å²) in [7, 11) is 3.04. The van der Waals surface area contributed by atoms with Crippen molar-refractivity contribution in [3.8, 4) is 23.0 Å². The second kappa shape index (κ2) is 10.8. The number of nitrogens with one attached hydrogen (secondary N) is 1. The number of benzene rings is 2. The Morgan fingerprint density at radius 3 is 2.33 bits per heavy atom. The molecular formula is C24H30N2O7. The molecule has 1 unspecified atom stereocenters. The maximum atomic E-state index is 13.3. The Kier molecular flexibility index (Phi) is 7.87. The number of carboxylic acids is 1. The number of ether oxygens (including phenoxy) is 4. The minimum Gasteiger partial charge on any atom is -0.497 e. The number of carboxylic acid groups (broad SMARTS) is 1. The number of amides is 2. The van der Waals surface area contributed by atoms with E-state index in [1.165, 1.54) is 12.0 Å². The number of anilines is 1. The van der Waals surface area contributed by atoms with Crippen molar-refractivity contribution in [1.82, 2.24) is 4.90 Å². The van der Waals surface area contributed by atoms with Gasteiger partial charge in [-0.15, -0.1) is 0 Å². The number of nitrogens with zero attached hydrogens (tertiary/aromatic N) is 1. The van der Waals surface area contributed by atoms with E-state index >= 15 is 0 Å². The summed E-state index contributed by atoms with van der Waals surface area (Å²) in [5.74, 6) is 1.18. The molecule has 0 saturated carbocycles. The van der Waals surface area contributed by atoms with Gasteiger partial charge in [-0.3, -0.25) is 4.79 Å². The van der Waals surface area contributed by atoms with Crippen LogP contribution in [0, 0.1) is 0 Å². The number of hydrogen-bond acceptors (Lipinski definition) is 6. The van der Waals surface area contributed by atoms with Crippen LogP contribution in [-0.2, 0) is 11.2 Å². The number of fused-ring (bicyclic) bond motifs is 1. The minimum absolute atomic E-state index is 0.236. The van der Waals surface area contributed by atoms with E-state index in [0.717, 1.165) is 11.1 Å². The molecule has 0 saturated heterocycles. The van der Waals surface area contributed by atoms with E-state index in [-0.39, 0.29) is 6.42 Å². The van der Waals surface area contributed by atoms with Gasteiger partial charge in [-0.05, 0) is 55.7 Å². The molecule has 9 nitrogen and oxygen atoms in total. The van der Waals surface area contributed by atoms with Gasteiger partial charge in [-0.25, -0.2) is 4.79 Å². The van der Waals surface area contributed by atoms with Gasteiger partial charge in [-0.1, -0.05) is 0 Å². The van der Waals surface area contributed by atoms with Gasteiger partial charge in [0.15, 0.2) is 11.5 Å². The molecule has 1 atom stereocenters. The highest BCUT2D eigenvalue weighted by Crippen LogP contribution is 2.40. The summed E-state index contributed by atoms with van der Waals surface area (Å²) in [6, 6.07) is 7.67. The number of aliphatic carboxylic acids is 1. The Hall–Kier alpha value is -3.62. The van der Waals surface area contributed by atoms with E-state index in [4.69, 9.17) is 18.9 Å². The third kappa shape index (κ3) is 5.42. The Bertz CT molecular complexity index is 1010. The molecule has 1 aliphatic heterocycles. The molecule has 0 fully saturated rings. The summed E-state index contributed by atoms with van der Waals surface area (Å²) in [5, 5.41) is 12.4. The van der Waals surface area contributed by atoms with Crippen LogP contribution >= 0.6 is 0 Å². The van der Waals surface area contributed by atoms with Crippen LogP contribution in [0.3, 0.4) is 0 Å². The van der Waals surface area contributed by atoms with Crippen molar-refractivity contribution in [2.45, 2.75) is 32.7 Å². The number of rotatable bonds is 9. The van der Waals surface area contributed by atoms with Crippen LogP contribution in [0.4, 0.5) is 10.5 Å². The van der Waals surface area contributed by atoms with Crippen LogP contribution in [0.5, 0.6) is 23.0 Å². The molecule has 3 rings (SSSR count). The summed E-state index contributed by atoms with van der Waals surface area (Å²) in [4.78, 5) is 26.5. The second-order valence-electron chi connectivity index (χ2n) is 7.42. The van der Waals surface area contributed by atoms with Gasteiger partial charge in [0, 0.05) is 12.6 Å². The van der Waals surface area contributed by atoms with Crippen molar-refractivity contribution in [3.05, 3.63) is 41.5 Å². The van der Waals surface area contributed by atoms with Crippen LogP contribution in [0.15, 0.2) is 30.3 Å². The first-order valence-corrected chi connectivity index (χ1v) is 10.9. The lowest BCUT2D eigenvalue weighted by Gasteiger charge is -2.37. The summed E-state index contributed by atoms with van der Waals surface area (Å²) >= 11 is 0. The minimum atomic E-state index is -1.00. The number of urea groups is 1. The number of carbonyl (C=O) groups excluding carboxylic acids is 1. The van der Waals surface area contributed by atoms with Gasteiger partial charge in [0.25, 0.3) is 0 Å². The van der Waals surface area contributed by atoms with Gasteiger partial charge in [-0.2, -0.15) is 0 Å². The lowest BCUT2D eigenvalue weighted by molar-refractivity contribution is -0.138. The predicted molar refractivity (Wildman–Crippen MR) is 123 cm³/mol. The third-order valence-electron chi connectivity index (χ3n) is 5.44. The van der Waals surface area contributed by atoms with E-state index in [9.17, 15) is 14.7 Å². The molecule has 2 aromatic rings. The summed E-state index contributed by atoms with van der Waals surface area (Å²) < 4.78 is 22.0. The number of methoxy groups -OCH3 is 2. The van der Waals surface area contributed by atoms with Gasteiger partial charge in [0.05, 0.1) is 45.6 Å². The lowest BCUT2D eigenvalue weighted by Crippen LogP contribution is -2.43. The van der Waals surface area contributed by atoms with Crippen LogP contribution < -0.4 is 24.3 Å². The third-order valence-corrected chi connectivity index (χ3v) is 5.44. The normalized spacial score (nSPS) is 14.8. The molecule has 2 N–H and O–H groups in total. The van der Waals surface area contributed by atoms with E-state index < -0.39 is 18.0 Å². The van der Waals surface area contributed by atoms with Crippen molar-refractivity contribution < 1.29 is 33.6 Å². The lowest BCUT2D eigenvalue weighted by atomic mass is 9.90. The Labute approximate surface area is 193 Å². The van der Waals surface area contributed by atoms with Crippen molar-refractivity contribution >= 4 is 17.7 Å². The molecule has 33 heavy (non-hydrogen) atoms. The van der Waals surface area contributed by atoms with Crippen molar-refractivity contribution in [2.24, 2.45) is 0 Å². The topological polar surface area (TPSA) is 107 Å². The van der Waals surface area contributed by atoms with Gasteiger partial charge < -0.3 is 34.3 Å². The number of hydrogen-bond donors (Lipinski definition) is 2.